The van der Waals surface area contributed by atoms with Crippen LogP contribution < -0.4 is 0 Å². The topological polar surface area (TPSA) is 27.0 Å². The molecule has 0 aromatic heterocycles. The van der Waals surface area contributed by atoms with Gasteiger partial charge in [0.2, 0.25) is 0 Å². The molecule has 1 saturated carbocycles. The maximum Gasteiger partial charge on any atom is 0.159 e. The van der Waals surface area contributed by atoms with Gasteiger partial charge in [0, 0.05) is 12.6 Å². The van der Waals surface area contributed by atoms with E-state index in [-0.39, 0.29) is 5.92 Å². The van der Waals surface area contributed by atoms with E-state index in [1.165, 1.54) is 17.7 Å². The van der Waals surface area contributed by atoms with Gasteiger partial charge < -0.3 is 4.90 Å². The Hall–Kier alpha value is -2.25. The summed E-state index contributed by atoms with van der Waals surface area (Å²) in [5.74, 6) is -1.51. The Labute approximate surface area is 185 Å². The van der Waals surface area contributed by atoms with E-state index in [0.29, 0.717) is 18.0 Å². The Morgan fingerprint density at radius 3 is 2.42 bits per heavy atom. The molecule has 1 fully saturated rings. The van der Waals surface area contributed by atoms with Crippen molar-refractivity contribution in [2.45, 2.75) is 70.3 Å². The lowest BCUT2D eigenvalue weighted by Crippen LogP contribution is -2.38. The third-order valence-electron chi connectivity index (χ3n) is 7.20. The molecule has 0 amide bonds. The molecule has 1 aliphatic carbocycles. The molecule has 2 aromatic rings. The predicted molar refractivity (Wildman–Crippen MR) is 122 cm³/mol. The average Bonchev–Trinajstić information content (AvgIpc) is 3.33. The molecule has 166 valence electrons. The van der Waals surface area contributed by atoms with Crippen molar-refractivity contribution in [2.75, 3.05) is 13.1 Å². The minimum Gasteiger partial charge on any atom is -0.301 e. The lowest BCUT2D eigenvalue weighted by Gasteiger charge is -2.36. The van der Waals surface area contributed by atoms with Crippen LogP contribution in [0.4, 0.5) is 8.78 Å². The first-order chi connectivity index (χ1) is 15.0. The van der Waals surface area contributed by atoms with Gasteiger partial charge in [0.1, 0.15) is 0 Å². The van der Waals surface area contributed by atoms with Crippen molar-refractivity contribution in [2.24, 2.45) is 5.92 Å². The van der Waals surface area contributed by atoms with E-state index in [1.54, 1.807) is 6.07 Å². The maximum atomic E-state index is 14.1. The fraction of sp³-hybridized carbons (Fsp3) is 0.519. The van der Waals surface area contributed by atoms with Crippen LogP contribution in [0.3, 0.4) is 0 Å². The van der Waals surface area contributed by atoms with Crippen molar-refractivity contribution < 1.29 is 8.78 Å². The first-order valence-corrected chi connectivity index (χ1v) is 11.6. The molecule has 3 rings (SSSR count). The second-order valence-electron chi connectivity index (χ2n) is 8.95. The highest BCUT2D eigenvalue weighted by Crippen LogP contribution is 2.45. The van der Waals surface area contributed by atoms with Gasteiger partial charge in [0.25, 0.3) is 0 Å². The lowest BCUT2D eigenvalue weighted by atomic mass is 9.67. The van der Waals surface area contributed by atoms with Crippen LogP contribution in [0, 0.1) is 28.9 Å². The van der Waals surface area contributed by atoms with Crippen molar-refractivity contribution in [3.63, 3.8) is 0 Å². The summed E-state index contributed by atoms with van der Waals surface area (Å²) in [7, 11) is 0. The molecule has 2 nitrogen and oxygen atoms in total. The normalized spacial score (nSPS) is 17.4. The van der Waals surface area contributed by atoms with Crippen molar-refractivity contribution in [1.82, 2.24) is 4.90 Å². The second-order valence-corrected chi connectivity index (χ2v) is 8.95. The molecule has 0 aliphatic heterocycles. The van der Waals surface area contributed by atoms with Gasteiger partial charge >= 0.3 is 0 Å². The van der Waals surface area contributed by atoms with Gasteiger partial charge in [0.05, 0.1) is 11.5 Å². The summed E-state index contributed by atoms with van der Waals surface area (Å²) in [5.41, 5.74) is 1.21. The summed E-state index contributed by atoms with van der Waals surface area (Å²) in [4.78, 5) is 2.45. The molecule has 0 spiro atoms. The summed E-state index contributed by atoms with van der Waals surface area (Å²) in [6.07, 6.45) is 6.68. The molecule has 1 aliphatic rings. The van der Waals surface area contributed by atoms with Crippen LogP contribution in [0.15, 0.2) is 48.5 Å². The van der Waals surface area contributed by atoms with Crippen LogP contribution in [0.25, 0.3) is 0 Å². The Bertz CT molecular complexity index is 871. The lowest BCUT2D eigenvalue weighted by molar-refractivity contribution is 0.192. The quantitative estimate of drug-likeness (QED) is 0.427. The molecule has 31 heavy (non-hydrogen) atoms. The van der Waals surface area contributed by atoms with E-state index in [4.69, 9.17) is 0 Å². The number of rotatable bonds is 10. The highest BCUT2D eigenvalue weighted by atomic mass is 19.2. The first-order valence-electron chi connectivity index (χ1n) is 11.6. The zero-order valence-corrected chi connectivity index (χ0v) is 18.8. The number of likely N-dealkylation sites (N-methyl/N-ethyl adjacent to an activating group) is 1. The molecule has 0 heterocycles. The summed E-state index contributed by atoms with van der Waals surface area (Å²) >= 11 is 0. The molecule has 0 saturated heterocycles. The van der Waals surface area contributed by atoms with Crippen LogP contribution in [-0.2, 0) is 11.8 Å². The van der Waals surface area contributed by atoms with E-state index < -0.39 is 17.0 Å². The van der Waals surface area contributed by atoms with Crippen molar-refractivity contribution in [3.05, 3.63) is 71.3 Å². The highest BCUT2D eigenvalue weighted by molar-refractivity contribution is 5.35. The Morgan fingerprint density at radius 1 is 1.10 bits per heavy atom. The minimum atomic E-state index is -0.860. The fourth-order valence-corrected chi connectivity index (χ4v) is 5.21. The third kappa shape index (κ3) is 5.52. The van der Waals surface area contributed by atoms with E-state index >= 15 is 0 Å². The molecule has 2 aromatic carbocycles. The molecule has 0 bridgehead atoms. The number of hydrogen-bond acceptors (Lipinski definition) is 2. The minimum absolute atomic E-state index is 0.203. The highest BCUT2D eigenvalue weighted by Gasteiger charge is 2.42. The van der Waals surface area contributed by atoms with E-state index in [1.807, 2.05) is 6.07 Å². The predicted octanol–water partition coefficient (Wildman–Crippen LogP) is 6.65. The largest absolute Gasteiger partial charge is 0.301 e. The van der Waals surface area contributed by atoms with Gasteiger partial charge in [-0.3, -0.25) is 0 Å². The van der Waals surface area contributed by atoms with Crippen LogP contribution in [0.5, 0.6) is 0 Å². The van der Waals surface area contributed by atoms with Crippen LogP contribution in [0.1, 0.15) is 63.5 Å². The van der Waals surface area contributed by atoms with Gasteiger partial charge in [0.15, 0.2) is 11.6 Å². The van der Waals surface area contributed by atoms with Crippen molar-refractivity contribution >= 4 is 0 Å². The zero-order chi connectivity index (χ0) is 22.3. The summed E-state index contributed by atoms with van der Waals surface area (Å²) in [5, 5.41) is 10.3. The molecule has 2 unspecified atom stereocenters. The first kappa shape index (κ1) is 23.4. The molecule has 2 atom stereocenters. The van der Waals surface area contributed by atoms with Crippen LogP contribution in [-0.4, -0.2) is 24.0 Å². The standard InChI is InChI=1S/C27H34F2N2/c1-3-31(18-16-22-9-5-4-6-10-22)21(2)15-17-27(20-30,23-11-7-8-12-23)24-13-14-25(28)26(29)19-24/h4-6,9-10,13-14,19,21,23H,3,7-8,11-12,15-18H2,1-2H3. The van der Waals surface area contributed by atoms with Crippen molar-refractivity contribution in [3.8, 4) is 6.07 Å². The van der Waals surface area contributed by atoms with Crippen LogP contribution >= 0.6 is 0 Å². The number of nitrogens with zero attached hydrogens (tertiary/aromatic N) is 2. The summed E-state index contributed by atoms with van der Waals surface area (Å²) < 4.78 is 27.7. The molecule has 4 heteroatoms. The maximum absolute atomic E-state index is 14.1. The number of halogens is 2. The average molecular weight is 425 g/mol. The summed E-state index contributed by atoms with van der Waals surface area (Å²) in [6.45, 7) is 6.31. The second kappa shape index (κ2) is 10.9. The zero-order valence-electron chi connectivity index (χ0n) is 18.8. The monoisotopic (exact) mass is 424 g/mol. The number of hydrogen-bond donors (Lipinski definition) is 0. The third-order valence-corrected chi connectivity index (χ3v) is 7.20. The number of benzene rings is 2. The molecular formula is C27H34F2N2. The van der Waals surface area contributed by atoms with E-state index in [0.717, 1.165) is 51.6 Å². The Kier molecular flexibility index (Phi) is 8.21. The molecular weight excluding hydrogens is 390 g/mol. The van der Waals surface area contributed by atoms with E-state index in [9.17, 15) is 14.0 Å². The Balaban J connectivity index is 1.74. The van der Waals surface area contributed by atoms with Gasteiger partial charge in [-0.1, -0.05) is 56.2 Å². The molecule has 0 radical (unpaired) electrons. The van der Waals surface area contributed by atoms with E-state index in [2.05, 4.69) is 49.1 Å². The smallest absolute Gasteiger partial charge is 0.159 e. The fourth-order valence-electron chi connectivity index (χ4n) is 5.21. The Morgan fingerprint density at radius 2 is 1.81 bits per heavy atom. The van der Waals surface area contributed by atoms with Crippen LogP contribution in [0.2, 0.25) is 0 Å². The summed E-state index contributed by atoms with van der Waals surface area (Å²) in [6, 6.07) is 17.4. The SMILES string of the molecule is CCN(CCc1ccccc1)C(C)CCC(C#N)(c1ccc(F)c(F)c1)C1CCCC1. The van der Waals surface area contributed by atoms with Gasteiger partial charge in [-0.2, -0.15) is 5.26 Å². The van der Waals surface area contributed by atoms with Gasteiger partial charge in [-0.15, -0.1) is 0 Å². The number of nitriles is 1. The van der Waals surface area contributed by atoms with Gasteiger partial charge in [-0.25, -0.2) is 8.78 Å². The van der Waals surface area contributed by atoms with Crippen molar-refractivity contribution in [1.29, 1.82) is 5.26 Å². The van der Waals surface area contributed by atoms with Gasteiger partial charge in [-0.05, 0) is 74.8 Å². The molecule has 0 N–H and O–H groups in total.